The Hall–Kier alpha value is -1.10. The number of methoxy groups -OCH3 is 1. The fourth-order valence-electron chi connectivity index (χ4n) is 3.05. The molecule has 1 aliphatic heterocycles. The standard InChI is InChI=1S/C16H21ClN2O2/c1-11(10-21-2)9-19-14(12-3-5-13(17)6-4-12)18-16(7-8-16)15(19)20/h3-6,11,14,18H,7-10H2,1-2H3. The molecule has 1 heterocycles. The van der Waals surface area contributed by atoms with Crippen LogP contribution >= 0.6 is 11.6 Å². The molecule has 3 rings (SSSR count). The van der Waals surface area contributed by atoms with Crippen LogP contribution in [-0.2, 0) is 9.53 Å². The molecule has 114 valence electrons. The molecular weight excluding hydrogens is 288 g/mol. The van der Waals surface area contributed by atoms with Crippen molar-refractivity contribution >= 4 is 17.5 Å². The van der Waals surface area contributed by atoms with Crippen LogP contribution in [0.5, 0.6) is 0 Å². The van der Waals surface area contributed by atoms with Gasteiger partial charge in [-0.3, -0.25) is 10.1 Å². The van der Waals surface area contributed by atoms with E-state index in [1.54, 1.807) is 7.11 Å². The van der Waals surface area contributed by atoms with Crippen LogP contribution < -0.4 is 5.32 Å². The lowest BCUT2D eigenvalue weighted by Crippen LogP contribution is -2.36. The smallest absolute Gasteiger partial charge is 0.244 e. The van der Waals surface area contributed by atoms with Crippen molar-refractivity contribution in [2.45, 2.75) is 31.5 Å². The highest BCUT2D eigenvalue weighted by atomic mass is 35.5. The Kier molecular flexibility index (Phi) is 3.95. The Morgan fingerprint density at radius 1 is 1.43 bits per heavy atom. The minimum Gasteiger partial charge on any atom is -0.384 e. The van der Waals surface area contributed by atoms with Gasteiger partial charge in [0.05, 0.1) is 6.61 Å². The first-order valence-electron chi connectivity index (χ1n) is 7.39. The number of nitrogens with one attached hydrogen (secondary N) is 1. The second-order valence-electron chi connectivity index (χ2n) is 6.20. The van der Waals surface area contributed by atoms with Gasteiger partial charge in [0.15, 0.2) is 0 Å². The van der Waals surface area contributed by atoms with Crippen molar-refractivity contribution in [3.63, 3.8) is 0 Å². The molecule has 1 saturated carbocycles. The largest absolute Gasteiger partial charge is 0.384 e. The van der Waals surface area contributed by atoms with Crippen molar-refractivity contribution < 1.29 is 9.53 Å². The molecule has 1 aliphatic carbocycles. The third-order valence-electron chi connectivity index (χ3n) is 4.29. The number of halogens is 1. The summed E-state index contributed by atoms with van der Waals surface area (Å²) in [4.78, 5) is 14.6. The van der Waals surface area contributed by atoms with E-state index >= 15 is 0 Å². The zero-order chi connectivity index (χ0) is 15.0. The highest BCUT2D eigenvalue weighted by Crippen LogP contribution is 2.46. The van der Waals surface area contributed by atoms with Crippen LogP contribution in [-0.4, -0.2) is 36.6 Å². The van der Waals surface area contributed by atoms with E-state index in [4.69, 9.17) is 16.3 Å². The number of ether oxygens (including phenoxy) is 1. The van der Waals surface area contributed by atoms with E-state index in [0.717, 1.165) is 18.4 Å². The quantitative estimate of drug-likeness (QED) is 0.909. The number of amides is 1. The van der Waals surface area contributed by atoms with Gasteiger partial charge in [0.1, 0.15) is 11.7 Å². The molecule has 1 saturated heterocycles. The molecule has 2 fully saturated rings. The lowest BCUT2D eigenvalue weighted by atomic mass is 10.1. The van der Waals surface area contributed by atoms with Crippen LogP contribution in [0, 0.1) is 5.92 Å². The predicted molar refractivity (Wildman–Crippen MR) is 82.0 cm³/mol. The van der Waals surface area contributed by atoms with Crippen molar-refractivity contribution in [1.29, 1.82) is 0 Å². The van der Waals surface area contributed by atoms with E-state index in [2.05, 4.69) is 12.2 Å². The Balaban J connectivity index is 1.82. The first-order valence-corrected chi connectivity index (χ1v) is 7.77. The van der Waals surface area contributed by atoms with Gasteiger partial charge < -0.3 is 9.64 Å². The summed E-state index contributed by atoms with van der Waals surface area (Å²) in [5.41, 5.74) is 0.776. The summed E-state index contributed by atoms with van der Waals surface area (Å²) >= 11 is 5.96. The monoisotopic (exact) mass is 308 g/mol. The lowest BCUT2D eigenvalue weighted by Gasteiger charge is -2.27. The van der Waals surface area contributed by atoms with E-state index in [1.807, 2.05) is 29.2 Å². The number of hydrogen-bond donors (Lipinski definition) is 1. The highest BCUT2D eigenvalue weighted by Gasteiger charge is 2.59. The maximum Gasteiger partial charge on any atom is 0.244 e. The van der Waals surface area contributed by atoms with E-state index < -0.39 is 0 Å². The van der Waals surface area contributed by atoms with Gasteiger partial charge in [-0.25, -0.2) is 0 Å². The van der Waals surface area contributed by atoms with Gasteiger partial charge in [-0.1, -0.05) is 30.7 Å². The first-order chi connectivity index (χ1) is 10.1. The minimum atomic E-state index is -0.308. The SMILES string of the molecule is COCC(C)CN1C(=O)C2(CC2)NC1c1ccc(Cl)cc1. The molecule has 0 aromatic heterocycles. The number of hydrogen-bond acceptors (Lipinski definition) is 3. The Morgan fingerprint density at radius 3 is 2.67 bits per heavy atom. The summed E-state index contributed by atoms with van der Waals surface area (Å²) in [6.07, 6.45) is 1.81. The lowest BCUT2D eigenvalue weighted by molar-refractivity contribution is -0.131. The Labute approximate surface area is 130 Å². The summed E-state index contributed by atoms with van der Waals surface area (Å²) in [7, 11) is 1.69. The molecule has 2 unspecified atom stereocenters. The molecule has 21 heavy (non-hydrogen) atoms. The van der Waals surface area contributed by atoms with Crippen LogP contribution in [0.15, 0.2) is 24.3 Å². The fourth-order valence-corrected chi connectivity index (χ4v) is 3.17. The molecule has 1 aromatic carbocycles. The number of rotatable bonds is 5. The third kappa shape index (κ3) is 2.80. The topological polar surface area (TPSA) is 41.6 Å². The summed E-state index contributed by atoms with van der Waals surface area (Å²) < 4.78 is 5.20. The molecule has 1 amide bonds. The van der Waals surface area contributed by atoms with Gasteiger partial charge in [0, 0.05) is 18.7 Å². The van der Waals surface area contributed by atoms with E-state index in [1.165, 1.54) is 0 Å². The van der Waals surface area contributed by atoms with Crippen LogP contribution in [0.3, 0.4) is 0 Å². The van der Waals surface area contributed by atoms with Crippen molar-refractivity contribution in [1.82, 2.24) is 10.2 Å². The predicted octanol–water partition coefficient (Wildman–Crippen LogP) is 2.59. The number of carbonyl (C=O) groups is 1. The summed E-state index contributed by atoms with van der Waals surface area (Å²) in [6, 6.07) is 7.72. The molecule has 1 N–H and O–H groups in total. The fraction of sp³-hybridized carbons (Fsp3) is 0.562. The Bertz CT molecular complexity index is 528. The second-order valence-corrected chi connectivity index (χ2v) is 6.63. The zero-order valence-electron chi connectivity index (χ0n) is 12.4. The van der Waals surface area contributed by atoms with Crippen LogP contribution in [0.1, 0.15) is 31.5 Å². The van der Waals surface area contributed by atoms with Crippen molar-refractivity contribution in [2.75, 3.05) is 20.3 Å². The van der Waals surface area contributed by atoms with Gasteiger partial charge in [0.25, 0.3) is 0 Å². The van der Waals surface area contributed by atoms with Gasteiger partial charge >= 0.3 is 0 Å². The van der Waals surface area contributed by atoms with Gasteiger partial charge in [-0.15, -0.1) is 0 Å². The molecule has 2 aliphatic rings. The summed E-state index contributed by atoms with van der Waals surface area (Å²) in [5, 5.41) is 4.23. The molecule has 0 bridgehead atoms. The molecule has 1 aromatic rings. The van der Waals surface area contributed by atoms with Crippen LogP contribution in [0.2, 0.25) is 5.02 Å². The summed E-state index contributed by atoms with van der Waals surface area (Å²) in [6.45, 7) is 3.46. The van der Waals surface area contributed by atoms with Crippen molar-refractivity contribution in [3.8, 4) is 0 Å². The van der Waals surface area contributed by atoms with Crippen molar-refractivity contribution in [3.05, 3.63) is 34.9 Å². The van der Waals surface area contributed by atoms with E-state index in [-0.39, 0.29) is 17.6 Å². The van der Waals surface area contributed by atoms with Crippen LogP contribution in [0.25, 0.3) is 0 Å². The second kappa shape index (κ2) is 5.59. The maximum absolute atomic E-state index is 12.7. The average Bonchev–Trinajstić information content (AvgIpc) is 3.19. The molecule has 2 atom stereocenters. The zero-order valence-corrected chi connectivity index (χ0v) is 13.2. The molecule has 1 spiro atoms. The first kappa shape index (κ1) is 14.8. The number of nitrogens with zero attached hydrogens (tertiary/aromatic N) is 1. The molecular formula is C16H21ClN2O2. The Morgan fingerprint density at radius 2 is 2.10 bits per heavy atom. The van der Waals surface area contributed by atoms with E-state index in [0.29, 0.717) is 24.1 Å². The molecule has 5 heteroatoms. The molecule has 0 radical (unpaired) electrons. The molecule has 4 nitrogen and oxygen atoms in total. The number of benzene rings is 1. The highest BCUT2D eigenvalue weighted by molar-refractivity contribution is 6.30. The van der Waals surface area contributed by atoms with Gasteiger partial charge in [0.2, 0.25) is 5.91 Å². The average molecular weight is 309 g/mol. The number of carbonyl (C=O) groups excluding carboxylic acids is 1. The van der Waals surface area contributed by atoms with E-state index in [9.17, 15) is 4.79 Å². The van der Waals surface area contributed by atoms with Gasteiger partial charge in [-0.05, 0) is 36.5 Å². The summed E-state index contributed by atoms with van der Waals surface area (Å²) in [5.74, 6) is 0.537. The minimum absolute atomic E-state index is 0.0587. The normalized spacial score (nSPS) is 24.6. The van der Waals surface area contributed by atoms with Crippen molar-refractivity contribution in [2.24, 2.45) is 5.92 Å². The van der Waals surface area contributed by atoms with Crippen LogP contribution in [0.4, 0.5) is 0 Å². The third-order valence-corrected chi connectivity index (χ3v) is 4.54. The van der Waals surface area contributed by atoms with Gasteiger partial charge in [-0.2, -0.15) is 0 Å². The maximum atomic E-state index is 12.7.